The fourth-order valence-corrected chi connectivity index (χ4v) is 1.98. The smallest absolute Gasteiger partial charge is 0.146 e. The van der Waals surface area contributed by atoms with E-state index in [1.807, 2.05) is 60.7 Å². The van der Waals surface area contributed by atoms with Crippen LogP contribution in [0.2, 0.25) is 5.02 Å². The van der Waals surface area contributed by atoms with Gasteiger partial charge < -0.3 is 0 Å². The van der Waals surface area contributed by atoms with Crippen LogP contribution in [0.1, 0.15) is 5.56 Å². The summed E-state index contributed by atoms with van der Waals surface area (Å²) >= 11 is 5.83. The van der Waals surface area contributed by atoms with Crippen LogP contribution in [0.15, 0.2) is 65.8 Å². The lowest BCUT2D eigenvalue weighted by atomic mass is 10.2. The van der Waals surface area contributed by atoms with Crippen LogP contribution >= 0.6 is 11.6 Å². The molecule has 0 radical (unpaired) electrons. The van der Waals surface area contributed by atoms with Crippen LogP contribution in [-0.2, 0) is 0 Å². The SMILES string of the molecule is Clc1ccc(/C=N/Nc2ccc3ccccc3n2)cc1. The van der Waals surface area contributed by atoms with E-state index in [1.165, 1.54) is 0 Å². The number of rotatable bonds is 3. The number of anilines is 1. The lowest BCUT2D eigenvalue weighted by Crippen LogP contribution is -1.93. The largest absolute Gasteiger partial charge is 0.261 e. The first-order chi connectivity index (χ1) is 9.81. The number of hydrogen-bond acceptors (Lipinski definition) is 3. The van der Waals surface area contributed by atoms with Crippen LogP contribution in [0.5, 0.6) is 0 Å². The molecule has 1 N–H and O–H groups in total. The Morgan fingerprint density at radius 3 is 2.60 bits per heavy atom. The van der Waals surface area contributed by atoms with Crippen LogP contribution < -0.4 is 5.43 Å². The van der Waals surface area contributed by atoms with Crippen molar-refractivity contribution in [2.24, 2.45) is 5.10 Å². The van der Waals surface area contributed by atoms with Crippen LogP contribution in [0.3, 0.4) is 0 Å². The molecule has 3 aromatic rings. The van der Waals surface area contributed by atoms with Crippen molar-refractivity contribution in [2.75, 3.05) is 5.43 Å². The molecular weight excluding hydrogens is 270 g/mol. The minimum absolute atomic E-state index is 0.714. The third-order valence-electron chi connectivity index (χ3n) is 2.86. The second-order valence-corrected chi connectivity index (χ2v) is 4.75. The summed E-state index contributed by atoms with van der Waals surface area (Å²) in [7, 11) is 0. The molecule has 4 heteroatoms. The van der Waals surface area contributed by atoms with Gasteiger partial charge in [-0.2, -0.15) is 5.10 Å². The van der Waals surface area contributed by atoms with Gasteiger partial charge in [-0.1, -0.05) is 41.9 Å². The molecule has 0 fully saturated rings. The van der Waals surface area contributed by atoms with Gasteiger partial charge in [0.25, 0.3) is 0 Å². The first kappa shape index (κ1) is 12.6. The molecule has 3 nitrogen and oxygen atoms in total. The topological polar surface area (TPSA) is 37.3 Å². The fraction of sp³-hybridized carbons (Fsp3) is 0. The third-order valence-corrected chi connectivity index (χ3v) is 3.11. The second kappa shape index (κ2) is 5.72. The molecule has 0 saturated heterocycles. The van der Waals surface area contributed by atoms with E-state index in [1.54, 1.807) is 6.21 Å². The summed E-state index contributed by atoms with van der Waals surface area (Å²) < 4.78 is 0. The molecular formula is C16H12ClN3. The highest BCUT2D eigenvalue weighted by molar-refractivity contribution is 6.30. The Labute approximate surface area is 121 Å². The molecule has 0 unspecified atom stereocenters. The Hall–Kier alpha value is -2.39. The molecule has 0 bridgehead atoms. The minimum atomic E-state index is 0.714. The van der Waals surface area contributed by atoms with Crippen LogP contribution in [0, 0.1) is 0 Å². The zero-order valence-corrected chi connectivity index (χ0v) is 11.4. The van der Waals surface area contributed by atoms with Crippen LogP contribution in [0.25, 0.3) is 10.9 Å². The van der Waals surface area contributed by atoms with Crippen molar-refractivity contribution < 1.29 is 0 Å². The Kier molecular flexibility index (Phi) is 3.61. The molecule has 0 amide bonds. The molecule has 0 aliphatic rings. The summed E-state index contributed by atoms with van der Waals surface area (Å²) in [6, 6.07) is 19.4. The van der Waals surface area contributed by atoms with Crippen molar-refractivity contribution in [1.82, 2.24) is 4.98 Å². The quantitative estimate of drug-likeness (QED) is 0.573. The number of hydrogen-bond donors (Lipinski definition) is 1. The van der Waals surface area contributed by atoms with Gasteiger partial charge in [-0.3, -0.25) is 5.43 Å². The number of para-hydroxylation sites is 1. The normalized spacial score (nSPS) is 11.1. The predicted molar refractivity (Wildman–Crippen MR) is 84.4 cm³/mol. The fourth-order valence-electron chi connectivity index (χ4n) is 1.85. The standard InChI is InChI=1S/C16H12ClN3/c17-14-8-5-12(6-9-14)11-18-20-16-10-7-13-3-1-2-4-15(13)19-16/h1-11H,(H,19,20)/b18-11+. The van der Waals surface area contributed by atoms with E-state index in [9.17, 15) is 0 Å². The number of nitrogens with one attached hydrogen (secondary N) is 1. The van der Waals surface area contributed by atoms with E-state index in [4.69, 9.17) is 11.6 Å². The van der Waals surface area contributed by atoms with Gasteiger partial charge in [0, 0.05) is 10.4 Å². The Bertz CT molecular complexity index is 751. The Morgan fingerprint density at radius 1 is 0.950 bits per heavy atom. The maximum absolute atomic E-state index is 5.83. The van der Waals surface area contributed by atoms with Gasteiger partial charge in [0.1, 0.15) is 5.82 Å². The number of nitrogens with zero attached hydrogens (tertiary/aromatic N) is 2. The average molecular weight is 282 g/mol. The number of aromatic nitrogens is 1. The van der Waals surface area contributed by atoms with E-state index in [0.717, 1.165) is 16.5 Å². The first-order valence-corrected chi connectivity index (χ1v) is 6.59. The molecule has 20 heavy (non-hydrogen) atoms. The molecule has 0 saturated carbocycles. The van der Waals surface area contributed by atoms with Crippen LogP contribution in [0.4, 0.5) is 5.82 Å². The summed E-state index contributed by atoms with van der Waals surface area (Å²) in [6.45, 7) is 0. The monoisotopic (exact) mass is 281 g/mol. The number of hydrazone groups is 1. The molecule has 0 atom stereocenters. The maximum Gasteiger partial charge on any atom is 0.146 e. The van der Waals surface area contributed by atoms with Gasteiger partial charge in [0.2, 0.25) is 0 Å². The highest BCUT2D eigenvalue weighted by atomic mass is 35.5. The second-order valence-electron chi connectivity index (χ2n) is 4.31. The Morgan fingerprint density at radius 2 is 1.75 bits per heavy atom. The van der Waals surface area contributed by atoms with E-state index >= 15 is 0 Å². The summed E-state index contributed by atoms with van der Waals surface area (Å²) in [5, 5.41) is 5.99. The molecule has 1 heterocycles. The lowest BCUT2D eigenvalue weighted by Gasteiger charge is -2.01. The van der Waals surface area contributed by atoms with E-state index in [-0.39, 0.29) is 0 Å². The highest BCUT2D eigenvalue weighted by Crippen LogP contribution is 2.14. The number of pyridine rings is 1. The summed E-state index contributed by atoms with van der Waals surface area (Å²) in [5.74, 6) is 0.717. The van der Waals surface area contributed by atoms with Crippen molar-refractivity contribution in [3.8, 4) is 0 Å². The lowest BCUT2D eigenvalue weighted by molar-refractivity contribution is 1.26. The first-order valence-electron chi connectivity index (χ1n) is 6.22. The van der Waals surface area contributed by atoms with Gasteiger partial charge in [-0.05, 0) is 35.9 Å². The van der Waals surface area contributed by atoms with E-state index in [2.05, 4.69) is 15.5 Å². The number of halogens is 1. The molecule has 0 aliphatic carbocycles. The van der Waals surface area contributed by atoms with Crippen molar-refractivity contribution in [1.29, 1.82) is 0 Å². The molecule has 98 valence electrons. The van der Waals surface area contributed by atoms with Gasteiger partial charge in [-0.15, -0.1) is 0 Å². The van der Waals surface area contributed by atoms with Gasteiger partial charge in [-0.25, -0.2) is 4.98 Å². The van der Waals surface area contributed by atoms with Gasteiger partial charge >= 0.3 is 0 Å². The predicted octanol–water partition coefficient (Wildman–Crippen LogP) is 4.33. The van der Waals surface area contributed by atoms with Crippen molar-refractivity contribution >= 4 is 34.5 Å². The van der Waals surface area contributed by atoms with Crippen molar-refractivity contribution in [3.05, 3.63) is 71.2 Å². The highest BCUT2D eigenvalue weighted by Gasteiger charge is 1.95. The molecule has 0 spiro atoms. The average Bonchev–Trinajstić information content (AvgIpc) is 2.49. The Balaban J connectivity index is 1.74. The van der Waals surface area contributed by atoms with E-state index < -0.39 is 0 Å². The summed E-state index contributed by atoms with van der Waals surface area (Å²) in [6.07, 6.45) is 1.73. The number of fused-ring (bicyclic) bond motifs is 1. The maximum atomic E-state index is 5.83. The molecule has 3 rings (SSSR count). The van der Waals surface area contributed by atoms with Gasteiger partial charge in [0.15, 0.2) is 0 Å². The van der Waals surface area contributed by atoms with Crippen molar-refractivity contribution in [2.45, 2.75) is 0 Å². The summed E-state index contributed by atoms with van der Waals surface area (Å²) in [4.78, 5) is 4.47. The third kappa shape index (κ3) is 2.95. The molecule has 1 aromatic heterocycles. The minimum Gasteiger partial charge on any atom is -0.261 e. The van der Waals surface area contributed by atoms with Crippen LogP contribution in [-0.4, -0.2) is 11.2 Å². The number of benzene rings is 2. The zero-order valence-electron chi connectivity index (χ0n) is 10.6. The molecule has 2 aromatic carbocycles. The zero-order chi connectivity index (χ0) is 13.8. The van der Waals surface area contributed by atoms with E-state index in [0.29, 0.717) is 10.8 Å². The summed E-state index contributed by atoms with van der Waals surface area (Å²) in [5.41, 5.74) is 4.84. The van der Waals surface area contributed by atoms with Gasteiger partial charge in [0.05, 0.1) is 11.7 Å². The molecule has 0 aliphatic heterocycles. The van der Waals surface area contributed by atoms with Crippen molar-refractivity contribution in [3.63, 3.8) is 0 Å².